The Bertz CT molecular complexity index is 497. The van der Waals surface area contributed by atoms with Crippen LogP contribution in [-0.2, 0) is 12.0 Å². The first-order valence-corrected chi connectivity index (χ1v) is 6.42. The third-order valence-corrected chi connectivity index (χ3v) is 4.11. The Kier molecular flexibility index (Phi) is 3.22. The summed E-state index contributed by atoms with van der Waals surface area (Å²) in [6.45, 7) is 3.84. The summed E-state index contributed by atoms with van der Waals surface area (Å²) < 4.78 is 0. The summed E-state index contributed by atoms with van der Waals surface area (Å²) in [7, 11) is 0. The van der Waals surface area contributed by atoms with Crippen molar-refractivity contribution in [3.63, 3.8) is 0 Å². The second-order valence-electron chi connectivity index (χ2n) is 4.55. The molecule has 0 amide bonds. The van der Waals surface area contributed by atoms with Crippen molar-refractivity contribution in [1.82, 2.24) is 0 Å². The standard InChI is InChI=1S/C14H16O2S/c1-10-7-8-17-13(10)14(2,16)9-11-3-5-12(15)6-4-11/h3-8,15-16H,9H2,1-2H3. The molecule has 1 aromatic carbocycles. The number of hydrogen-bond donors (Lipinski definition) is 2. The molecule has 1 aromatic heterocycles. The molecule has 2 N–H and O–H groups in total. The Morgan fingerprint density at radius 3 is 2.35 bits per heavy atom. The molecule has 0 spiro atoms. The monoisotopic (exact) mass is 248 g/mol. The molecule has 0 fully saturated rings. The number of hydrogen-bond acceptors (Lipinski definition) is 3. The molecular weight excluding hydrogens is 232 g/mol. The highest BCUT2D eigenvalue weighted by molar-refractivity contribution is 7.10. The van der Waals surface area contributed by atoms with E-state index < -0.39 is 5.60 Å². The van der Waals surface area contributed by atoms with E-state index in [0.717, 1.165) is 16.0 Å². The van der Waals surface area contributed by atoms with Gasteiger partial charge in [0.15, 0.2) is 0 Å². The first-order valence-electron chi connectivity index (χ1n) is 5.54. The van der Waals surface area contributed by atoms with Gasteiger partial charge in [0.05, 0.1) is 0 Å². The highest BCUT2D eigenvalue weighted by atomic mass is 32.1. The van der Waals surface area contributed by atoms with Crippen LogP contribution in [0.5, 0.6) is 5.75 Å². The lowest BCUT2D eigenvalue weighted by atomic mass is 9.93. The molecule has 0 aliphatic carbocycles. The third-order valence-electron chi connectivity index (χ3n) is 2.84. The number of aliphatic hydroxyl groups is 1. The van der Waals surface area contributed by atoms with Gasteiger partial charge in [-0.25, -0.2) is 0 Å². The second kappa shape index (κ2) is 4.51. The minimum Gasteiger partial charge on any atom is -0.508 e. The summed E-state index contributed by atoms with van der Waals surface area (Å²) in [5.41, 5.74) is 1.29. The van der Waals surface area contributed by atoms with E-state index in [0.29, 0.717) is 6.42 Å². The predicted octanol–water partition coefficient (Wildman–Crippen LogP) is 3.21. The number of phenolic OH excluding ortho intramolecular Hbond substituents is 1. The van der Waals surface area contributed by atoms with Gasteiger partial charge < -0.3 is 10.2 Å². The average Bonchev–Trinajstić information content (AvgIpc) is 2.68. The second-order valence-corrected chi connectivity index (χ2v) is 5.47. The zero-order valence-electron chi connectivity index (χ0n) is 9.97. The Hall–Kier alpha value is -1.32. The van der Waals surface area contributed by atoms with Gasteiger partial charge in [0.25, 0.3) is 0 Å². The van der Waals surface area contributed by atoms with Gasteiger partial charge in [-0.15, -0.1) is 11.3 Å². The fourth-order valence-corrected chi connectivity index (χ4v) is 3.00. The molecule has 0 saturated heterocycles. The van der Waals surface area contributed by atoms with Crippen LogP contribution in [0.2, 0.25) is 0 Å². The molecule has 0 bridgehead atoms. The molecule has 2 aromatic rings. The molecule has 3 heteroatoms. The third kappa shape index (κ3) is 2.68. The predicted molar refractivity (Wildman–Crippen MR) is 70.4 cm³/mol. The summed E-state index contributed by atoms with van der Waals surface area (Å²) in [5, 5.41) is 21.7. The molecule has 0 aliphatic heterocycles. The van der Waals surface area contributed by atoms with Gasteiger partial charge in [0.1, 0.15) is 11.4 Å². The van der Waals surface area contributed by atoms with E-state index in [1.165, 1.54) is 0 Å². The van der Waals surface area contributed by atoms with E-state index in [-0.39, 0.29) is 5.75 Å². The van der Waals surface area contributed by atoms with Crippen LogP contribution < -0.4 is 0 Å². The number of benzene rings is 1. The van der Waals surface area contributed by atoms with Crippen LogP contribution >= 0.6 is 11.3 Å². The van der Waals surface area contributed by atoms with Crippen molar-refractivity contribution in [3.8, 4) is 5.75 Å². The van der Waals surface area contributed by atoms with Gasteiger partial charge in [-0.2, -0.15) is 0 Å². The van der Waals surface area contributed by atoms with Crippen molar-refractivity contribution in [2.75, 3.05) is 0 Å². The highest BCUT2D eigenvalue weighted by Crippen LogP contribution is 2.32. The van der Waals surface area contributed by atoms with Crippen LogP contribution in [0.1, 0.15) is 22.9 Å². The van der Waals surface area contributed by atoms with Gasteiger partial charge in [0, 0.05) is 11.3 Å². The first kappa shape index (κ1) is 12.1. The van der Waals surface area contributed by atoms with Crippen LogP contribution in [0.15, 0.2) is 35.7 Å². The summed E-state index contributed by atoms with van der Waals surface area (Å²) >= 11 is 1.58. The number of rotatable bonds is 3. The summed E-state index contributed by atoms with van der Waals surface area (Å²) in [6, 6.07) is 8.99. The highest BCUT2D eigenvalue weighted by Gasteiger charge is 2.26. The van der Waals surface area contributed by atoms with Gasteiger partial charge >= 0.3 is 0 Å². The normalized spacial score (nSPS) is 14.5. The minimum atomic E-state index is -0.852. The van der Waals surface area contributed by atoms with E-state index in [2.05, 4.69) is 0 Å². The van der Waals surface area contributed by atoms with Crippen molar-refractivity contribution in [2.45, 2.75) is 25.9 Å². The largest absolute Gasteiger partial charge is 0.508 e. The first-order chi connectivity index (χ1) is 7.99. The van der Waals surface area contributed by atoms with E-state index in [1.54, 1.807) is 23.5 Å². The smallest absolute Gasteiger partial charge is 0.115 e. The molecule has 1 atom stereocenters. The van der Waals surface area contributed by atoms with E-state index in [4.69, 9.17) is 0 Å². The molecule has 1 heterocycles. The molecular formula is C14H16O2S. The molecule has 2 rings (SSSR count). The fraction of sp³-hybridized carbons (Fsp3) is 0.286. The fourth-order valence-electron chi connectivity index (χ4n) is 2.02. The van der Waals surface area contributed by atoms with Crippen LogP contribution in [0.25, 0.3) is 0 Å². The van der Waals surface area contributed by atoms with E-state index >= 15 is 0 Å². The topological polar surface area (TPSA) is 40.5 Å². The average molecular weight is 248 g/mol. The molecule has 17 heavy (non-hydrogen) atoms. The summed E-state index contributed by atoms with van der Waals surface area (Å²) in [5.74, 6) is 0.251. The molecule has 0 radical (unpaired) electrons. The number of aryl methyl sites for hydroxylation is 1. The number of aromatic hydroxyl groups is 1. The lowest BCUT2D eigenvalue weighted by molar-refractivity contribution is 0.0609. The molecule has 90 valence electrons. The Balaban J connectivity index is 2.23. The quantitative estimate of drug-likeness (QED) is 0.875. The molecule has 2 nitrogen and oxygen atoms in total. The van der Waals surface area contributed by atoms with Gasteiger partial charge in [0.2, 0.25) is 0 Å². The Morgan fingerprint density at radius 1 is 1.18 bits per heavy atom. The molecule has 0 aliphatic rings. The minimum absolute atomic E-state index is 0.251. The zero-order chi connectivity index (χ0) is 12.5. The van der Waals surface area contributed by atoms with E-state index in [9.17, 15) is 10.2 Å². The number of phenols is 1. The van der Waals surface area contributed by atoms with Crippen LogP contribution in [0.3, 0.4) is 0 Å². The molecule has 1 unspecified atom stereocenters. The lowest BCUT2D eigenvalue weighted by Crippen LogP contribution is -2.23. The summed E-state index contributed by atoms with van der Waals surface area (Å²) in [6.07, 6.45) is 0.550. The maximum Gasteiger partial charge on any atom is 0.115 e. The van der Waals surface area contributed by atoms with Crippen molar-refractivity contribution < 1.29 is 10.2 Å². The van der Waals surface area contributed by atoms with Gasteiger partial charge in [-0.3, -0.25) is 0 Å². The van der Waals surface area contributed by atoms with Crippen molar-refractivity contribution in [3.05, 3.63) is 51.7 Å². The van der Waals surface area contributed by atoms with Crippen LogP contribution in [0, 0.1) is 6.92 Å². The van der Waals surface area contributed by atoms with Crippen LogP contribution in [0.4, 0.5) is 0 Å². The van der Waals surface area contributed by atoms with Gasteiger partial charge in [-0.05, 0) is 48.6 Å². The van der Waals surface area contributed by atoms with Crippen LogP contribution in [-0.4, -0.2) is 10.2 Å². The van der Waals surface area contributed by atoms with Crippen molar-refractivity contribution >= 4 is 11.3 Å². The molecule has 0 saturated carbocycles. The van der Waals surface area contributed by atoms with Crippen molar-refractivity contribution in [1.29, 1.82) is 0 Å². The summed E-state index contributed by atoms with van der Waals surface area (Å²) in [4.78, 5) is 1.01. The van der Waals surface area contributed by atoms with E-state index in [1.807, 2.05) is 37.4 Å². The maximum atomic E-state index is 10.5. The maximum absolute atomic E-state index is 10.5. The van der Waals surface area contributed by atoms with Crippen molar-refractivity contribution in [2.24, 2.45) is 0 Å². The zero-order valence-corrected chi connectivity index (χ0v) is 10.8. The Labute approximate surface area is 105 Å². The Morgan fingerprint density at radius 2 is 1.82 bits per heavy atom. The number of thiophene rings is 1. The SMILES string of the molecule is Cc1ccsc1C(C)(O)Cc1ccc(O)cc1. The van der Waals surface area contributed by atoms with Gasteiger partial charge in [-0.1, -0.05) is 12.1 Å². The lowest BCUT2D eigenvalue weighted by Gasteiger charge is -2.23.